The van der Waals surface area contributed by atoms with Gasteiger partial charge in [0.25, 0.3) is 0 Å². The molecule has 21 heavy (non-hydrogen) atoms. The van der Waals surface area contributed by atoms with E-state index in [2.05, 4.69) is 20.9 Å². The van der Waals surface area contributed by atoms with Crippen molar-refractivity contribution in [3.05, 3.63) is 22.3 Å². The maximum atomic E-state index is 12.1. The summed E-state index contributed by atoms with van der Waals surface area (Å²) >= 11 is 3.40. The highest BCUT2D eigenvalue weighted by Crippen LogP contribution is 2.30. The fraction of sp³-hybridized carbons (Fsp3) is 0.600. The fourth-order valence-corrected chi connectivity index (χ4v) is 2.68. The molecule has 2 rings (SSSR count). The maximum absolute atomic E-state index is 12.1. The summed E-state index contributed by atoms with van der Waals surface area (Å²) in [4.78, 5) is 18.3. The van der Waals surface area contributed by atoms with Crippen LogP contribution in [0.1, 0.15) is 38.8 Å². The summed E-state index contributed by atoms with van der Waals surface area (Å²) in [5.41, 5.74) is 0.481. The third-order valence-corrected chi connectivity index (χ3v) is 3.89. The fourth-order valence-electron chi connectivity index (χ4n) is 2.30. The van der Waals surface area contributed by atoms with Crippen molar-refractivity contribution in [2.45, 2.75) is 38.7 Å². The number of likely N-dealkylation sites (tertiary alicyclic amines) is 1. The summed E-state index contributed by atoms with van der Waals surface area (Å²) in [6.45, 7) is 6.95. The molecule has 1 aliphatic rings. The van der Waals surface area contributed by atoms with Crippen molar-refractivity contribution in [1.82, 2.24) is 9.88 Å². The van der Waals surface area contributed by atoms with Gasteiger partial charge in [0.05, 0.1) is 11.6 Å². The number of ether oxygens (including phenoxy) is 2. The van der Waals surface area contributed by atoms with Crippen LogP contribution in [0.25, 0.3) is 0 Å². The molecule has 0 aliphatic carbocycles. The van der Waals surface area contributed by atoms with E-state index in [0.29, 0.717) is 19.0 Å². The molecule has 1 fully saturated rings. The van der Waals surface area contributed by atoms with Crippen LogP contribution in [0.4, 0.5) is 4.79 Å². The molecule has 6 heteroatoms. The second-order valence-corrected chi connectivity index (χ2v) is 6.99. The van der Waals surface area contributed by atoms with Gasteiger partial charge in [0.2, 0.25) is 5.88 Å². The number of hydrogen-bond donors (Lipinski definition) is 0. The second kappa shape index (κ2) is 6.22. The van der Waals surface area contributed by atoms with Gasteiger partial charge in [-0.2, -0.15) is 0 Å². The number of carbonyl (C=O) groups excluding carboxylic acids is 1. The standard InChI is InChI=1S/C15H21BrN2O3/c1-15(2,3)21-14(19)18-8-7-10(9-18)12-6-5-11(16)13(17-12)20-4/h5-6,10H,7-9H2,1-4H3/t10-/m0/s1. The first-order valence-electron chi connectivity index (χ1n) is 6.98. The largest absolute Gasteiger partial charge is 0.480 e. The minimum absolute atomic E-state index is 0.222. The highest BCUT2D eigenvalue weighted by molar-refractivity contribution is 9.10. The van der Waals surface area contributed by atoms with E-state index in [4.69, 9.17) is 9.47 Å². The Morgan fingerprint density at radius 2 is 2.14 bits per heavy atom. The van der Waals surface area contributed by atoms with E-state index in [1.54, 1.807) is 12.0 Å². The average Bonchev–Trinajstić information content (AvgIpc) is 2.87. The van der Waals surface area contributed by atoms with Gasteiger partial charge < -0.3 is 14.4 Å². The monoisotopic (exact) mass is 356 g/mol. The van der Waals surface area contributed by atoms with Crippen LogP contribution in [0.2, 0.25) is 0 Å². The maximum Gasteiger partial charge on any atom is 0.410 e. The van der Waals surface area contributed by atoms with Crippen molar-refractivity contribution in [3.8, 4) is 5.88 Å². The summed E-state index contributed by atoms with van der Waals surface area (Å²) in [5.74, 6) is 0.794. The molecule has 0 radical (unpaired) electrons. The van der Waals surface area contributed by atoms with E-state index < -0.39 is 5.60 Å². The Kier molecular flexibility index (Phi) is 4.76. The Labute approximate surface area is 133 Å². The number of hydrogen-bond acceptors (Lipinski definition) is 4. The van der Waals surface area contributed by atoms with E-state index in [-0.39, 0.29) is 12.0 Å². The number of halogens is 1. The summed E-state index contributed by atoms with van der Waals surface area (Å²) in [6, 6.07) is 3.90. The minimum atomic E-state index is -0.464. The summed E-state index contributed by atoms with van der Waals surface area (Å²) < 4.78 is 11.5. The molecule has 1 aromatic rings. The second-order valence-electron chi connectivity index (χ2n) is 6.14. The van der Waals surface area contributed by atoms with E-state index in [9.17, 15) is 4.79 Å². The molecule has 1 atom stereocenters. The van der Waals surface area contributed by atoms with Crippen LogP contribution >= 0.6 is 15.9 Å². The third-order valence-electron chi connectivity index (χ3n) is 3.29. The van der Waals surface area contributed by atoms with E-state index in [1.807, 2.05) is 32.9 Å². The van der Waals surface area contributed by atoms with Crippen molar-refractivity contribution in [1.29, 1.82) is 0 Å². The van der Waals surface area contributed by atoms with Gasteiger partial charge in [-0.15, -0.1) is 0 Å². The van der Waals surface area contributed by atoms with E-state index >= 15 is 0 Å². The summed E-state index contributed by atoms with van der Waals surface area (Å²) in [5, 5.41) is 0. The van der Waals surface area contributed by atoms with Crippen molar-refractivity contribution in [2.24, 2.45) is 0 Å². The molecule has 0 bridgehead atoms. The molecular formula is C15H21BrN2O3. The molecule has 1 saturated heterocycles. The SMILES string of the molecule is COc1nc([C@H]2CCN(C(=O)OC(C)(C)C)C2)ccc1Br. The number of carbonyl (C=O) groups is 1. The lowest BCUT2D eigenvalue weighted by atomic mass is 10.0. The van der Waals surface area contributed by atoms with Crippen LogP contribution in [0, 0.1) is 0 Å². The Bertz CT molecular complexity index is 528. The van der Waals surface area contributed by atoms with Crippen molar-refractivity contribution in [2.75, 3.05) is 20.2 Å². The first kappa shape index (κ1) is 16.1. The number of nitrogens with zero attached hydrogens (tertiary/aromatic N) is 2. The van der Waals surface area contributed by atoms with Gasteiger partial charge in [-0.3, -0.25) is 0 Å². The highest BCUT2D eigenvalue weighted by Gasteiger charge is 2.31. The van der Waals surface area contributed by atoms with Crippen molar-refractivity contribution < 1.29 is 14.3 Å². The first-order chi connectivity index (χ1) is 9.80. The lowest BCUT2D eigenvalue weighted by molar-refractivity contribution is 0.0292. The molecule has 2 heterocycles. The van der Waals surface area contributed by atoms with Gasteiger partial charge in [-0.1, -0.05) is 0 Å². The number of amides is 1. The third kappa shape index (κ3) is 4.09. The van der Waals surface area contributed by atoms with E-state index in [1.165, 1.54) is 0 Å². The van der Waals surface area contributed by atoms with Crippen LogP contribution < -0.4 is 4.74 Å². The van der Waals surface area contributed by atoms with Gasteiger partial charge in [-0.05, 0) is 55.3 Å². The molecule has 0 N–H and O–H groups in total. The molecule has 0 spiro atoms. The summed E-state index contributed by atoms with van der Waals surface area (Å²) in [7, 11) is 1.60. The molecular weight excluding hydrogens is 336 g/mol. The molecule has 0 saturated carbocycles. The van der Waals surface area contributed by atoms with Crippen LogP contribution in [0.15, 0.2) is 16.6 Å². The average molecular weight is 357 g/mol. The number of rotatable bonds is 2. The molecule has 1 aromatic heterocycles. The Hall–Kier alpha value is -1.30. The lowest BCUT2D eigenvalue weighted by Gasteiger charge is -2.24. The Balaban J connectivity index is 2.04. The van der Waals surface area contributed by atoms with Crippen molar-refractivity contribution in [3.63, 3.8) is 0 Å². The topological polar surface area (TPSA) is 51.7 Å². The first-order valence-corrected chi connectivity index (χ1v) is 7.78. The molecule has 0 aromatic carbocycles. The number of aromatic nitrogens is 1. The zero-order valence-electron chi connectivity index (χ0n) is 12.9. The van der Waals surface area contributed by atoms with Gasteiger partial charge in [-0.25, -0.2) is 9.78 Å². The number of pyridine rings is 1. The zero-order chi connectivity index (χ0) is 15.6. The van der Waals surface area contributed by atoms with Crippen LogP contribution in [-0.2, 0) is 4.74 Å². The quantitative estimate of drug-likeness (QED) is 0.812. The Morgan fingerprint density at radius 3 is 2.76 bits per heavy atom. The lowest BCUT2D eigenvalue weighted by Crippen LogP contribution is -2.35. The zero-order valence-corrected chi connectivity index (χ0v) is 14.4. The van der Waals surface area contributed by atoms with Crippen molar-refractivity contribution >= 4 is 22.0 Å². The number of methoxy groups -OCH3 is 1. The van der Waals surface area contributed by atoms with Crippen LogP contribution in [0.3, 0.4) is 0 Å². The van der Waals surface area contributed by atoms with Gasteiger partial charge >= 0.3 is 6.09 Å². The molecule has 0 unspecified atom stereocenters. The van der Waals surface area contributed by atoms with Crippen LogP contribution in [0.5, 0.6) is 5.88 Å². The van der Waals surface area contributed by atoms with Gasteiger partial charge in [0.15, 0.2) is 0 Å². The van der Waals surface area contributed by atoms with Crippen LogP contribution in [-0.4, -0.2) is 41.8 Å². The van der Waals surface area contributed by atoms with Gasteiger partial charge in [0, 0.05) is 24.7 Å². The summed E-state index contributed by atoms with van der Waals surface area (Å²) in [6.07, 6.45) is 0.630. The molecule has 1 aliphatic heterocycles. The normalized spacial score (nSPS) is 18.7. The predicted molar refractivity (Wildman–Crippen MR) is 83.7 cm³/mol. The minimum Gasteiger partial charge on any atom is -0.480 e. The van der Waals surface area contributed by atoms with Gasteiger partial charge in [0.1, 0.15) is 5.60 Å². The molecule has 1 amide bonds. The smallest absolute Gasteiger partial charge is 0.410 e. The van der Waals surface area contributed by atoms with E-state index in [0.717, 1.165) is 16.6 Å². The highest BCUT2D eigenvalue weighted by atomic mass is 79.9. The predicted octanol–water partition coefficient (Wildman–Crippen LogP) is 3.58. The molecule has 116 valence electrons. The molecule has 5 nitrogen and oxygen atoms in total. The Morgan fingerprint density at radius 1 is 1.43 bits per heavy atom.